The van der Waals surface area contributed by atoms with Crippen molar-refractivity contribution in [3.63, 3.8) is 0 Å². The number of benzene rings is 2. The van der Waals surface area contributed by atoms with Gasteiger partial charge < -0.3 is 10.2 Å². The minimum absolute atomic E-state index is 0.201. The molecule has 0 atom stereocenters. The van der Waals surface area contributed by atoms with Crippen LogP contribution < -0.4 is 10.2 Å². The predicted octanol–water partition coefficient (Wildman–Crippen LogP) is 3.22. The second-order valence-electron chi connectivity index (χ2n) is 7.71. The lowest BCUT2D eigenvalue weighted by Crippen LogP contribution is -2.49. The van der Waals surface area contributed by atoms with E-state index in [1.165, 1.54) is 34.1 Å². The molecule has 1 saturated heterocycles. The van der Waals surface area contributed by atoms with E-state index in [-0.39, 0.29) is 4.90 Å². The number of piperazine rings is 1. The Morgan fingerprint density at radius 1 is 0.938 bits per heavy atom. The van der Waals surface area contributed by atoms with E-state index >= 15 is 0 Å². The standard InChI is InChI=1S/C23H24N6O2S/c1-17-3-7-20(8-4-17)26-23-25-18(2)15-22(27-23)28-11-13-29(14-12-28)32(30,31)21-9-5-19(16-24)6-10-21/h3-10,15H,11-14H2,1-2H3,(H,25,26,27). The lowest BCUT2D eigenvalue weighted by Gasteiger charge is -2.34. The number of sulfonamides is 1. The summed E-state index contributed by atoms with van der Waals surface area (Å²) in [6, 6.07) is 17.9. The molecule has 1 fully saturated rings. The van der Waals surface area contributed by atoms with Crippen molar-refractivity contribution in [2.24, 2.45) is 0 Å². The van der Waals surface area contributed by atoms with E-state index < -0.39 is 10.0 Å². The summed E-state index contributed by atoms with van der Waals surface area (Å²) in [6.45, 7) is 5.70. The molecule has 1 aliphatic rings. The first kappa shape index (κ1) is 21.7. The van der Waals surface area contributed by atoms with Crippen LogP contribution in [0.5, 0.6) is 0 Å². The quantitative estimate of drug-likeness (QED) is 0.639. The van der Waals surface area contributed by atoms with E-state index in [4.69, 9.17) is 5.26 Å². The molecule has 1 N–H and O–H groups in total. The lowest BCUT2D eigenvalue weighted by atomic mass is 10.2. The van der Waals surface area contributed by atoms with Crippen LogP contribution in [-0.2, 0) is 10.0 Å². The number of hydrogen-bond acceptors (Lipinski definition) is 7. The highest BCUT2D eigenvalue weighted by atomic mass is 32.2. The molecule has 2 aromatic carbocycles. The van der Waals surface area contributed by atoms with Crippen molar-refractivity contribution in [2.45, 2.75) is 18.7 Å². The van der Waals surface area contributed by atoms with Gasteiger partial charge in [0, 0.05) is 43.6 Å². The smallest absolute Gasteiger partial charge is 0.243 e. The molecule has 0 amide bonds. The SMILES string of the molecule is Cc1ccc(Nc2nc(C)cc(N3CCN(S(=O)(=O)c4ccc(C#N)cc4)CC3)n2)cc1. The fraction of sp³-hybridized carbons (Fsp3) is 0.261. The van der Waals surface area contributed by atoms with Gasteiger partial charge in [-0.05, 0) is 50.2 Å². The largest absolute Gasteiger partial charge is 0.354 e. The summed E-state index contributed by atoms with van der Waals surface area (Å²) in [5.74, 6) is 1.28. The zero-order chi connectivity index (χ0) is 22.7. The van der Waals surface area contributed by atoms with Crippen LogP contribution in [0.25, 0.3) is 0 Å². The third kappa shape index (κ3) is 4.72. The number of nitriles is 1. The van der Waals surface area contributed by atoms with Gasteiger partial charge in [-0.1, -0.05) is 17.7 Å². The first-order valence-electron chi connectivity index (χ1n) is 10.3. The van der Waals surface area contributed by atoms with Gasteiger partial charge in [0.15, 0.2) is 0 Å². The Balaban J connectivity index is 1.46. The molecule has 2 heterocycles. The van der Waals surface area contributed by atoms with Crippen molar-refractivity contribution in [1.29, 1.82) is 5.26 Å². The van der Waals surface area contributed by atoms with Crippen LogP contribution in [0.1, 0.15) is 16.8 Å². The van der Waals surface area contributed by atoms with Crippen LogP contribution in [0.15, 0.2) is 59.5 Å². The Hall–Kier alpha value is -3.48. The van der Waals surface area contributed by atoms with Gasteiger partial charge in [-0.3, -0.25) is 0 Å². The van der Waals surface area contributed by atoms with E-state index in [1.807, 2.05) is 50.2 Å². The van der Waals surface area contributed by atoms with Crippen LogP contribution in [-0.4, -0.2) is 48.9 Å². The molecule has 1 aromatic heterocycles. The van der Waals surface area contributed by atoms with E-state index in [1.54, 1.807) is 0 Å². The highest BCUT2D eigenvalue weighted by molar-refractivity contribution is 7.89. The van der Waals surface area contributed by atoms with Gasteiger partial charge in [0.2, 0.25) is 16.0 Å². The average molecular weight is 449 g/mol. The number of nitrogens with one attached hydrogen (secondary N) is 1. The van der Waals surface area contributed by atoms with Crippen LogP contribution in [0.4, 0.5) is 17.5 Å². The second-order valence-corrected chi connectivity index (χ2v) is 9.65. The maximum Gasteiger partial charge on any atom is 0.243 e. The fourth-order valence-electron chi connectivity index (χ4n) is 3.54. The Morgan fingerprint density at radius 2 is 1.59 bits per heavy atom. The fourth-order valence-corrected chi connectivity index (χ4v) is 4.97. The van der Waals surface area contributed by atoms with Gasteiger partial charge in [0.25, 0.3) is 0 Å². The molecule has 0 unspecified atom stereocenters. The predicted molar refractivity (Wildman–Crippen MR) is 123 cm³/mol. The number of rotatable bonds is 5. The first-order chi connectivity index (χ1) is 15.3. The number of hydrogen-bond donors (Lipinski definition) is 1. The maximum absolute atomic E-state index is 13.0. The van der Waals surface area contributed by atoms with Crippen molar-refractivity contribution in [3.05, 3.63) is 71.4 Å². The topological polar surface area (TPSA) is 102 Å². The highest BCUT2D eigenvalue weighted by Gasteiger charge is 2.29. The zero-order valence-corrected chi connectivity index (χ0v) is 18.8. The van der Waals surface area contributed by atoms with Crippen molar-refractivity contribution in [2.75, 3.05) is 36.4 Å². The molecule has 32 heavy (non-hydrogen) atoms. The van der Waals surface area contributed by atoms with Crippen LogP contribution >= 0.6 is 0 Å². The minimum Gasteiger partial charge on any atom is -0.354 e. The number of anilines is 3. The Kier molecular flexibility index (Phi) is 6.08. The van der Waals surface area contributed by atoms with Gasteiger partial charge in [0.1, 0.15) is 5.82 Å². The molecule has 8 nitrogen and oxygen atoms in total. The molecule has 164 valence electrons. The summed E-state index contributed by atoms with van der Waals surface area (Å²) in [4.78, 5) is 11.4. The van der Waals surface area contributed by atoms with Crippen LogP contribution in [0, 0.1) is 25.2 Å². The van der Waals surface area contributed by atoms with E-state index in [0.717, 1.165) is 17.2 Å². The van der Waals surface area contributed by atoms with E-state index in [2.05, 4.69) is 20.2 Å². The number of aromatic nitrogens is 2. The first-order valence-corrected chi connectivity index (χ1v) is 11.7. The second kappa shape index (κ2) is 8.94. The van der Waals surface area contributed by atoms with Gasteiger partial charge >= 0.3 is 0 Å². The summed E-state index contributed by atoms with van der Waals surface area (Å²) >= 11 is 0. The monoisotopic (exact) mass is 448 g/mol. The average Bonchev–Trinajstić information content (AvgIpc) is 2.80. The molecule has 9 heteroatoms. The van der Waals surface area contributed by atoms with Gasteiger partial charge in [-0.2, -0.15) is 14.6 Å². The van der Waals surface area contributed by atoms with Gasteiger partial charge in [-0.15, -0.1) is 0 Å². The van der Waals surface area contributed by atoms with Crippen LogP contribution in [0.3, 0.4) is 0 Å². The third-order valence-corrected chi connectivity index (χ3v) is 7.25. The molecule has 1 aliphatic heterocycles. The Labute approximate surface area is 188 Å². The molecule has 0 radical (unpaired) electrons. The lowest BCUT2D eigenvalue weighted by molar-refractivity contribution is 0.384. The van der Waals surface area contributed by atoms with Gasteiger partial charge in [-0.25, -0.2) is 13.4 Å². The summed E-state index contributed by atoms with van der Waals surface area (Å²) in [5, 5.41) is 12.2. The zero-order valence-electron chi connectivity index (χ0n) is 18.0. The summed E-state index contributed by atoms with van der Waals surface area (Å²) in [7, 11) is -3.60. The minimum atomic E-state index is -3.60. The Morgan fingerprint density at radius 3 is 2.22 bits per heavy atom. The van der Waals surface area contributed by atoms with Crippen LogP contribution in [0.2, 0.25) is 0 Å². The van der Waals surface area contributed by atoms with Crippen molar-refractivity contribution in [1.82, 2.24) is 14.3 Å². The van der Waals surface area contributed by atoms with Crippen molar-refractivity contribution < 1.29 is 8.42 Å². The van der Waals surface area contributed by atoms with Crippen molar-refractivity contribution in [3.8, 4) is 6.07 Å². The summed E-state index contributed by atoms with van der Waals surface area (Å²) < 4.78 is 27.4. The molecular formula is C23H24N6O2S. The normalized spacial score (nSPS) is 14.7. The summed E-state index contributed by atoms with van der Waals surface area (Å²) in [5.41, 5.74) is 3.35. The van der Waals surface area contributed by atoms with Gasteiger partial charge in [0.05, 0.1) is 16.5 Å². The number of nitrogens with zero attached hydrogens (tertiary/aromatic N) is 5. The number of aryl methyl sites for hydroxylation is 2. The molecule has 3 aromatic rings. The maximum atomic E-state index is 13.0. The Bertz CT molecular complexity index is 1240. The molecular weight excluding hydrogens is 424 g/mol. The van der Waals surface area contributed by atoms with Crippen molar-refractivity contribution >= 4 is 27.5 Å². The highest BCUT2D eigenvalue weighted by Crippen LogP contribution is 2.23. The third-order valence-electron chi connectivity index (χ3n) is 5.33. The van der Waals surface area contributed by atoms with E-state index in [0.29, 0.717) is 37.7 Å². The molecule has 0 saturated carbocycles. The molecule has 0 spiro atoms. The molecule has 0 bridgehead atoms. The van der Waals surface area contributed by atoms with E-state index in [9.17, 15) is 8.42 Å². The molecule has 4 rings (SSSR count). The summed E-state index contributed by atoms with van der Waals surface area (Å²) in [6.07, 6.45) is 0. The molecule has 0 aliphatic carbocycles.